The molecule has 0 radical (unpaired) electrons. The van der Waals surface area contributed by atoms with Crippen molar-refractivity contribution in [1.82, 2.24) is 19.9 Å². The molecule has 1 atom stereocenters. The highest BCUT2D eigenvalue weighted by atomic mass is 35.5. The van der Waals surface area contributed by atoms with Gasteiger partial charge in [0.15, 0.2) is 17.0 Å². The Kier molecular flexibility index (Phi) is 4.52. The third-order valence-corrected chi connectivity index (χ3v) is 3.68. The Labute approximate surface area is 139 Å². The van der Waals surface area contributed by atoms with Crippen LogP contribution in [0.2, 0.25) is 5.02 Å². The third kappa shape index (κ3) is 3.65. The van der Waals surface area contributed by atoms with Crippen LogP contribution in [-0.2, 0) is 0 Å². The number of hydrogen-bond acceptors (Lipinski definition) is 6. The Balaban J connectivity index is 2.00. The van der Waals surface area contributed by atoms with Crippen LogP contribution in [0.1, 0.15) is 20.3 Å². The second-order valence-electron chi connectivity index (χ2n) is 5.21. The van der Waals surface area contributed by atoms with E-state index in [1.165, 1.54) is 0 Å². The van der Waals surface area contributed by atoms with Crippen LogP contribution in [0.15, 0.2) is 36.7 Å². The van der Waals surface area contributed by atoms with Gasteiger partial charge in [-0.25, -0.2) is 9.97 Å². The summed E-state index contributed by atoms with van der Waals surface area (Å²) in [4.78, 5) is 17.6. The van der Waals surface area contributed by atoms with Crippen molar-refractivity contribution < 1.29 is 0 Å². The number of fused-ring (bicyclic) bond motifs is 1. The summed E-state index contributed by atoms with van der Waals surface area (Å²) in [6, 6.07) is 7.67. The minimum absolute atomic E-state index is 0.271. The van der Waals surface area contributed by atoms with Gasteiger partial charge in [0.05, 0.1) is 0 Å². The predicted molar refractivity (Wildman–Crippen MR) is 93.2 cm³/mol. The molecule has 0 aliphatic heterocycles. The molecule has 2 aromatic heterocycles. The topological polar surface area (TPSA) is 75.6 Å². The monoisotopic (exact) mass is 328 g/mol. The molecule has 3 rings (SSSR count). The number of anilines is 3. The largest absolute Gasteiger partial charge is 0.352 e. The fraction of sp³-hybridized carbons (Fsp3) is 0.250. The molecule has 0 saturated heterocycles. The molecule has 23 heavy (non-hydrogen) atoms. The number of rotatable bonds is 5. The molecule has 0 fully saturated rings. The highest BCUT2D eigenvalue weighted by Crippen LogP contribution is 2.23. The molecule has 0 saturated carbocycles. The van der Waals surface area contributed by atoms with Gasteiger partial charge in [0.2, 0.25) is 5.95 Å². The molecule has 7 heteroatoms. The van der Waals surface area contributed by atoms with Crippen molar-refractivity contribution in [3.63, 3.8) is 0 Å². The van der Waals surface area contributed by atoms with Gasteiger partial charge >= 0.3 is 0 Å². The minimum atomic E-state index is 0.271. The van der Waals surface area contributed by atoms with E-state index in [1.54, 1.807) is 12.4 Å². The summed E-state index contributed by atoms with van der Waals surface area (Å²) in [6.45, 7) is 4.18. The van der Waals surface area contributed by atoms with Crippen LogP contribution in [0.4, 0.5) is 17.5 Å². The first-order valence-corrected chi connectivity index (χ1v) is 7.81. The maximum atomic E-state index is 5.92. The van der Waals surface area contributed by atoms with Crippen LogP contribution < -0.4 is 10.6 Å². The van der Waals surface area contributed by atoms with Gasteiger partial charge in [-0.3, -0.25) is 0 Å². The molecule has 2 heterocycles. The second kappa shape index (κ2) is 6.75. The molecule has 6 nitrogen and oxygen atoms in total. The van der Waals surface area contributed by atoms with Crippen molar-refractivity contribution >= 4 is 40.2 Å². The van der Waals surface area contributed by atoms with E-state index in [0.717, 1.165) is 12.1 Å². The molecule has 118 valence electrons. The van der Waals surface area contributed by atoms with Crippen molar-refractivity contribution in [1.29, 1.82) is 0 Å². The summed E-state index contributed by atoms with van der Waals surface area (Å²) < 4.78 is 0. The van der Waals surface area contributed by atoms with E-state index < -0.39 is 0 Å². The lowest BCUT2D eigenvalue weighted by molar-refractivity contribution is 0.754. The molecule has 0 bridgehead atoms. The maximum absolute atomic E-state index is 5.92. The Morgan fingerprint density at radius 1 is 1.09 bits per heavy atom. The normalized spacial score (nSPS) is 12.1. The average molecular weight is 329 g/mol. The van der Waals surface area contributed by atoms with Crippen molar-refractivity contribution in [2.45, 2.75) is 26.3 Å². The number of hydrogen-bond donors (Lipinski definition) is 2. The van der Waals surface area contributed by atoms with Gasteiger partial charge < -0.3 is 10.6 Å². The minimum Gasteiger partial charge on any atom is -0.352 e. The van der Waals surface area contributed by atoms with Crippen LogP contribution >= 0.6 is 11.6 Å². The van der Waals surface area contributed by atoms with Gasteiger partial charge in [0.25, 0.3) is 0 Å². The van der Waals surface area contributed by atoms with Crippen LogP contribution in [0, 0.1) is 0 Å². The van der Waals surface area contributed by atoms with E-state index in [-0.39, 0.29) is 6.04 Å². The molecule has 0 spiro atoms. The van der Waals surface area contributed by atoms with Gasteiger partial charge in [0.1, 0.15) is 0 Å². The van der Waals surface area contributed by atoms with E-state index >= 15 is 0 Å². The SMILES string of the molecule is CCC(C)Nc1nc(Nc2ccc(Cl)cc2)c2nccnc2n1. The molecule has 0 aliphatic carbocycles. The average Bonchev–Trinajstić information content (AvgIpc) is 2.57. The number of nitrogens with one attached hydrogen (secondary N) is 2. The van der Waals surface area contributed by atoms with E-state index in [1.807, 2.05) is 24.3 Å². The first kappa shape index (κ1) is 15.4. The third-order valence-electron chi connectivity index (χ3n) is 3.43. The highest BCUT2D eigenvalue weighted by Gasteiger charge is 2.11. The highest BCUT2D eigenvalue weighted by molar-refractivity contribution is 6.30. The Morgan fingerprint density at radius 2 is 1.83 bits per heavy atom. The standard InChI is InChI=1S/C16H17ClN6/c1-3-10(2)20-16-22-14-13(18-8-9-19-14)15(23-16)21-12-6-4-11(17)5-7-12/h4-10H,3H2,1-2H3,(H2,19,20,21,22,23). The van der Waals surface area contributed by atoms with Gasteiger partial charge in [-0.15, -0.1) is 0 Å². The van der Waals surface area contributed by atoms with Gasteiger partial charge in [0, 0.05) is 29.1 Å². The summed E-state index contributed by atoms with van der Waals surface area (Å²) in [6.07, 6.45) is 4.22. The Morgan fingerprint density at radius 3 is 2.57 bits per heavy atom. The quantitative estimate of drug-likeness (QED) is 0.736. The van der Waals surface area contributed by atoms with Crippen LogP contribution in [0.25, 0.3) is 11.2 Å². The molecule has 0 aliphatic rings. The van der Waals surface area contributed by atoms with Gasteiger partial charge in [-0.1, -0.05) is 18.5 Å². The summed E-state index contributed by atoms with van der Waals surface area (Å²) >= 11 is 5.92. The second-order valence-corrected chi connectivity index (χ2v) is 5.65. The fourth-order valence-corrected chi connectivity index (χ4v) is 2.13. The van der Waals surface area contributed by atoms with Crippen molar-refractivity contribution in [3.05, 3.63) is 41.7 Å². The zero-order valence-electron chi connectivity index (χ0n) is 12.9. The van der Waals surface area contributed by atoms with Crippen molar-refractivity contribution in [3.8, 4) is 0 Å². The summed E-state index contributed by atoms with van der Waals surface area (Å²) in [5.41, 5.74) is 2.04. The fourth-order valence-electron chi connectivity index (χ4n) is 2.01. The predicted octanol–water partition coefficient (Wildman–Crippen LogP) is 4.03. The lowest BCUT2D eigenvalue weighted by atomic mass is 10.3. The summed E-state index contributed by atoms with van der Waals surface area (Å²) in [7, 11) is 0. The zero-order chi connectivity index (χ0) is 16.2. The van der Waals surface area contributed by atoms with Crippen LogP contribution in [0.5, 0.6) is 0 Å². The van der Waals surface area contributed by atoms with Crippen molar-refractivity contribution in [2.75, 3.05) is 10.6 Å². The first-order valence-electron chi connectivity index (χ1n) is 7.43. The van der Waals surface area contributed by atoms with Crippen LogP contribution in [-0.4, -0.2) is 26.0 Å². The first-order chi connectivity index (χ1) is 11.2. The number of halogens is 1. The van der Waals surface area contributed by atoms with E-state index in [0.29, 0.717) is 28.0 Å². The molecule has 1 aromatic carbocycles. The number of benzene rings is 1. The zero-order valence-corrected chi connectivity index (χ0v) is 13.7. The van der Waals surface area contributed by atoms with E-state index in [4.69, 9.17) is 11.6 Å². The van der Waals surface area contributed by atoms with Crippen LogP contribution in [0.3, 0.4) is 0 Å². The lowest BCUT2D eigenvalue weighted by Crippen LogP contribution is -2.16. The Hall–Kier alpha value is -2.47. The maximum Gasteiger partial charge on any atom is 0.227 e. The molecule has 1 unspecified atom stereocenters. The summed E-state index contributed by atoms with van der Waals surface area (Å²) in [5, 5.41) is 7.20. The molecular formula is C16H17ClN6. The molecular weight excluding hydrogens is 312 g/mol. The van der Waals surface area contributed by atoms with E-state index in [9.17, 15) is 0 Å². The molecule has 2 N–H and O–H groups in total. The van der Waals surface area contributed by atoms with E-state index in [2.05, 4.69) is 44.4 Å². The number of nitrogens with zero attached hydrogens (tertiary/aromatic N) is 4. The van der Waals surface area contributed by atoms with Crippen molar-refractivity contribution in [2.24, 2.45) is 0 Å². The number of aromatic nitrogens is 4. The molecule has 3 aromatic rings. The summed E-state index contributed by atoms with van der Waals surface area (Å²) in [5.74, 6) is 1.14. The van der Waals surface area contributed by atoms with Gasteiger partial charge in [-0.05, 0) is 37.6 Å². The smallest absolute Gasteiger partial charge is 0.227 e. The Bertz CT molecular complexity index is 805. The van der Waals surface area contributed by atoms with Gasteiger partial charge in [-0.2, -0.15) is 9.97 Å². The lowest BCUT2D eigenvalue weighted by Gasteiger charge is -2.14. The molecule has 0 amide bonds.